The third kappa shape index (κ3) is 4.49. The van der Waals surface area contributed by atoms with E-state index in [9.17, 15) is 18.0 Å². The van der Waals surface area contributed by atoms with Gasteiger partial charge in [0.15, 0.2) is 0 Å². The Morgan fingerprint density at radius 3 is 2.39 bits per heavy atom. The van der Waals surface area contributed by atoms with Gasteiger partial charge in [0.1, 0.15) is 10.6 Å². The molecule has 0 amide bonds. The number of allylic oxidation sites excluding steroid dienone is 2. The van der Waals surface area contributed by atoms with Crippen LogP contribution in [0.5, 0.6) is 0 Å². The average Bonchev–Trinajstić information content (AvgIpc) is 2.94. The molecule has 0 fully saturated rings. The number of methoxy groups -OCH3 is 2. The molecule has 0 saturated heterocycles. The van der Waals surface area contributed by atoms with Gasteiger partial charge in [-0.1, -0.05) is 25.1 Å². The molecular weight excluding hydrogens is 384 g/mol. The van der Waals surface area contributed by atoms with Crippen LogP contribution in [-0.4, -0.2) is 41.1 Å². The number of hydrogen-bond donors (Lipinski definition) is 1. The van der Waals surface area contributed by atoms with Crippen molar-refractivity contribution in [2.75, 3.05) is 25.7 Å². The molecule has 28 heavy (non-hydrogen) atoms. The molecule has 1 aliphatic heterocycles. The van der Waals surface area contributed by atoms with Gasteiger partial charge >= 0.3 is 11.9 Å². The van der Waals surface area contributed by atoms with Gasteiger partial charge in [-0.15, -0.1) is 0 Å². The maximum Gasteiger partial charge on any atom is 0.355 e. The first-order chi connectivity index (χ1) is 13.4. The van der Waals surface area contributed by atoms with Gasteiger partial charge in [0.2, 0.25) is 10.0 Å². The van der Waals surface area contributed by atoms with Gasteiger partial charge in [0.25, 0.3) is 0 Å². The summed E-state index contributed by atoms with van der Waals surface area (Å²) in [6.07, 6.45) is 6.62. The zero-order valence-electron chi connectivity index (χ0n) is 15.8. The van der Waals surface area contributed by atoms with Crippen LogP contribution in [0.1, 0.15) is 13.3 Å². The molecule has 9 heteroatoms. The van der Waals surface area contributed by atoms with E-state index in [1.807, 2.05) is 6.92 Å². The van der Waals surface area contributed by atoms with E-state index >= 15 is 0 Å². The first-order valence-corrected chi connectivity index (χ1v) is 9.99. The van der Waals surface area contributed by atoms with E-state index in [2.05, 4.69) is 4.72 Å². The van der Waals surface area contributed by atoms with Gasteiger partial charge in [-0.2, -0.15) is 0 Å². The third-order valence-electron chi connectivity index (χ3n) is 3.85. The molecule has 0 bridgehead atoms. The number of ether oxygens (including phenoxy) is 2. The van der Waals surface area contributed by atoms with Crippen molar-refractivity contribution < 1.29 is 27.5 Å². The summed E-state index contributed by atoms with van der Waals surface area (Å²) in [6.45, 7) is 2.11. The fourth-order valence-electron chi connectivity index (χ4n) is 2.55. The van der Waals surface area contributed by atoms with Crippen LogP contribution in [0.3, 0.4) is 0 Å². The maximum absolute atomic E-state index is 12.8. The Balaban J connectivity index is 2.72. The van der Waals surface area contributed by atoms with Crippen molar-refractivity contribution in [3.8, 4) is 0 Å². The number of nitrogens with zero attached hydrogens (tertiary/aromatic N) is 1. The fourth-order valence-corrected chi connectivity index (χ4v) is 3.88. The predicted octanol–water partition coefficient (Wildman–Crippen LogP) is 1.86. The second kappa shape index (κ2) is 9.34. The monoisotopic (exact) mass is 406 g/mol. The molecular formula is C19H22N2O6S. The summed E-state index contributed by atoms with van der Waals surface area (Å²) >= 11 is 0. The second-order valence-corrected chi connectivity index (χ2v) is 7.42. The van der Waals surface area contributed by atoms with Gasteiger partial charge in [-0.3, -0.25) is 0 Å². The number of carbonyl (C=O) groups is 2. The lowest BCUT2D eigenvalue weighted by molar-refractivity contribution is -0.139. The lowest BCUT2D eigenvalue weighted by atomic mass is 10.1. The number of para-hydroxylation sites is 1. The van der Waals surface area contributed by atoms with Crippen LogP contribution >= 0.6 is 0 Å². The lowest BCUT2D eigenvalue weighted by Gasteiger charge is -2.25. The Morgan fingerprint density at radius 1 is 1.07 bits per heavy atom. The molecule has 1 aromatic carbocycles. The number of anilines is 1. The number of nitrogens with one attached hydrogen (secondary N) is 1. The molecule has 1 aliphatic rings. The summed E-state index contributed by atoms with van der Waals surface area (Å²) in [4.78, 5) is 26.0. The molecule has 1 N–H and O–H groups in total. The highest BCUT2D eigenvalue weighted by molar-refractivity contribution is 7.89. The Morgan fingerprint density at radius 2 is 1.75 bits per heavy atom. The van der Waals surface area contributed by atoms with Gasteiger partial charge in [0, 0.05) is 12.7 Å². The number of sulfonamides is 1. The van der Waals surface area contributed by atoms with Crippen molar-refractivity contribution >= 4 is 27.6 Å². The molecule has 150 valence electrons. The first-order valence-electron chi connectivity index (χ1n) is 8.51. The Bertz CT molecular complexity index is 947. The van der Waals surface area contributed by atoms with Gasteiger partial charge in [0.05, 0.1) is 25.5 Å². The quantitative estimate of drug-likeness (QED) is 0.690. The largest absolute Gasteiger partial charge is 0.465 e. The van der Waals surface area contributed by atoms with Crippen LogP contribution in [0.4, 0.5) is 5.69 Å². The Kier molecular flexibility index (Phi) is 7.13. The highest BCUT2D eigenvalue weighted by atomic mass is 32.2. The van der Waals surface area contributed by atoms with E-state index in [0.29, 0.717) is 6.42 Å². The minimum atomic E-state index is -3.85. The first kappa shape index (κ1) is 21.4. The summed E-state index contributed by atoms with van der Waals surface area (Å²) in [5, 5.41) is 0. The maximum atomic E-state index is 12.8. The van der Waals surface area contributed by atoms with Crippen LogP contribution in [0.15, 0.2) is 64.9 Å². The summed E-state index contributed by atoms with van der Waals surface area (Å²) in [5.74, 6) is -1.57. The molecule has 2 rings (SSSR count). The zero-order valence-corrected chi connectivity index (χ0v) is 16.7. The van der Waals surface area contributed by atoms with Crippen molar-refractivity contribution in [2.45, 2.75) is 18.2 Å². The van der Waals surface area contributed by atoms with Gasteiger partial charge in [-0.25, -0.2) is 22.7 Å². The van der Waals surface area contributed by atoms with E-state index in [-0.39, 0.29) is 28.4 Å². The number of rotatable bonds is 7. The molecule has 0 radical (unpaired) electrons. The molecule has 0 aliphatic carbocycles. The van der Waals surface area contributed by atoms with Crippen LogP contribution in [0.25, 0.3) is 0 Å². The summed E-state index contributed by atoms with van der Waals surface area (Å²) in [5.41, 5.74) is -0.0292. The topological polar surface area (TPSA) is 102 Å². The zero-order chi connectivity index (χ0) is 20.7. The van der Waals surface area contributed by atoms with E-state index in [1.165, 1.54) is 43.5 Å². The molecule has 0 unspecified atom stereocenters. The normalized spacial score (nSPS) is 14.0. The van der Waals surface area contributed by atoms with Crippen molar-refractivity contribution in [1.29, 1.82) is 0 Å². The highest BCUT2D eigenvalue weighted by Gasteiger charge is 2.30. The number of esters is 2. The molecule has 8 nitrogen and oxygen atoms in total. The second-order valence-electron chi connectivity index (χ2n) is 5.68. The highest BCUT2D eigenvalue weighted by Crippen LogP contribution is 2.31. The predicted molar refractivity (Wildman–Crippen MR) is 104 cm³/mol. The van der Waals surface area contributed by atoms with Crippen molar-refractivity contribution in [3.63, 3.8) is 0 Å². The smallest absolute Gasteiger partial charge is 0.355 e. The number of carbonyl (C=O) groups excluding carboxylic acids is 2. The standard InChI is InChI=1S/C19H22N2O6S/c1-4-12-20-28(24,25)16-11-6-5-10-15(16)21-13-8-7-9-14(18(22)26-2)17(21)19(23)27-3/h5-11,13,20H,4,12H2,1-3H3. The van der Waals surface area contributed by atoms with E-state index in [4.69, 9.17) is 9.47 Å². The molecule has 1 heterocycles. The summed E-state index contributed by atoms with van der Waals surface area (Å²) in [7, 11) is -1.49. The van der Waals surface area contributed by atoms with Gasteiger partial charge < -0.3 is 14.4 Å². The Labute approximate surface area is 164 Å². The van der Waals surface area contributed by atoms with Crippen molar-refractivity contribution in [2.24, 2.45) is 0 Å². The SMILES string of the molecule is CCCNS(=O)(=O)c1ccccc1N1C=CC=CC(C(=O)OC)=C1C(=O)OC. The molecule has 0 spiro atoms. The minimum Gasteiger partial charge on any atom is -0.465 e. The molecule has 0 aromatic heterocycles. The van der Waals surface area contributed by atoms with Gasteiger partial charge in [-0.05, 0) is 30.7 Å². The Hall–Kier alpha value is -2.91. The average molecular weight is 406 g/mol. The fraction of sp³-hybridized carbons (Fsp3) is 0.263. The summed E-state index contributed by atoms with van der Waals surface area (Å²) < 4.78 is 37.6. The molecule has 1 aromatic rings. The van der Waals surface area contributed by atoms with Crippen LogP contribution < -0.4 is 9.62 Å². The van der Waals surface area contributed by atoms with Crippen LogP contribution in [0, 0.1) is 0 Å². The molecule has 0 saturated carbocycles. The van der Waals surface area contributed by atoms with Crippen LogP contribution in [-0.2, 0) is 29.1 Å². The third-order valence-corrected chi connectivity index (χ3v) is 5.35. The van der Waals surface area contributed by atoms with E-state index in [1.54, 1.807) is 24.3 Å². The van der Waals surface area contributed by atoms with Crippen LogP contribution in [0.2, 0.25) is 0 Å². The van der Waals surface area contributed by atoms with Crippen molar-refractivity contribution in [3.05, 3.63) is 60.0 Å². The number of hydrogen-bond acceptors (Lipinski definition) is 7. The lowest BCUT2D eigenvalue weighted by Crippen LogP contribution is -2.30. The number of benzene rings is 1. The van der Waals surface area contributed by atoms with E-state index in [0.717, 1.165) is 0 Å². The summed E-state index contributed by atoms with van der Waals surface area (Å²) in [6, 6.07) is 6.17. The van der Waals surface area contributed by atoms with E-state index < -0.39 is 22.0 Å². The minimum absolute atomic E-state index is 0.0411. The van der Waals surface area contributed by atoms with Crippen molar-refractivity contribution in [1.82, 2.24) is 4.72 Å². The molecule has 0 atom stereocenters.